The number of benzene rings is 1. The van der Waals surface area contributed by atoms with Crippen molar-refractivity contribution in [1.82, 2.24) is 15.3 Å². The molecule has 1 N–H and O–H groups in total. The van der Waals surface area contributed by atoms with Gasteiger partial charge in [0.05, 0.1) is 24.0 Å². The molecule has 2 aromatic rings. The molecule has 0 spiro atoms. The monoisotopic (exact) mass is 277 g/mol. The zero-order valence-electron chi connectivity index (χ0n) is 10.9. The molecule has 0 radical (unpaired) electrons. The minimum atomic E-state index is 0.151. The standard InChI is InChI=1S/C14H16ClN3O/c1-16-12(10-6-4-3-5-7-10)8-13-11(15)9-17-14(18-13)19-2/h3-7,9,12,16H,8H2,1-2H3. The van der Waals surface area contributed by atoms with E-state index in [1.165, 1.54) is 5.56 Å². The summed E-state index contributed by atoms with van der Waals surface area (Å²) in [5.74, 6) is 0. The Bertz CT molecular complexity index is 533. The summed E-state index contributed by atoms with van der Waals surface area (Å²) in [6.07, 6.45) is 2.25. The Labute approximate surface area is 117 Å². The van der Waals surface area contributed by atoms with Crippen LogP contribution in [0.1, 0.15) is 17.3 Å². The van der Waals surface area contributed by atoms with Crippen LogP contribution in [0.2, 0.25) is 5.02 Å². The van der Waals surface area contributed by atoms with E-state index in [-0.39, 0.29) is 6.04 Å². The highest BCUT2D eigenvalue weighted by atomic mass is 35.5. The SMILES string of the molecule is CNC(Cc1nc(OC)ncc1Cl)c1ccccc1. The van der Waals surface area contributed by atoms with Crippen molar-refractivity contribution >= 4 is 11.6 Å². The number of aromatic nitrogens is 2. The van der Waals surface area contributed by atoms with Gasteiger partial charge in [0.25, 0.3) is 0 Å². The number of rotatable bonds is 5. The zero-order chi connectivity index (χ0) is 13.7. The topological polar surface area (TPSA) is 47.0 Å². The van der Waals surface area contributed by atoms with Crippen molar-refractivity contribution in [3.8, 4) is 6.01 Å². The van der Waals surface area contributed by atoms with Crippen LogP contribution < -0.4 is 10.1 Å². The quantitative estimate of drug-likeness (QED) is 0.913. The Hall–Kier alpha value is -1.65. The molecule has 0 aliphatic carbocycles. The van der Waals surface area contributed by atoms with E-state index in [9.17, 15) is 0 Å². The molecule has 0 bridgehead atoms. The van der Waals surface area contributed by atoms with Crippen molar-refractivity contribution in [2.45, 2.75) is 12.5 Å². The van der Waals surface area contributed by atoms with Crippen LogP contribution in [0.3, 0.4) is 0 Å². The Morgan fingerprint density at radius 3 is 2.68 bits per heavy atom. The third-order valence-electron chi connectivity index (χ3n) is 2.93. The minimum Gasteiger partial charge on any atom is -0.467 e. The van der Waals surface area contributed by atoms with Crippen LogP contribution in [0.25, 0.3) is 0 Å². The van der Waals surface area contributed by atoms with Crippen molar-refractivity contribution in [3.05, 3.63) is 52.8 Å². The maximum atomic E-state index is 6.13. The van der Waals surface area contributed by atoms with Gasteiger partial charge in [0, 0.05) is 12.5 Å². The van der Waals surface area contributed by atoms with Gasteiger partial charge in [-0.3, -0.25) is 0 Å². The summed E-state index contributed by atoms with van der Waals surface area (Å²) in [5.41, 5.74) is 1.97. The summed E-state index contributed by atoms with van der Waals surface area (Å²) in [6, 6.07) is 10.7. The maximum absolute atomic E-state index is 6.13. The molecular formula is C14H16ClN3O. The van der Waals surface area contributed by atoms with E-state index in [4.69, 9.17) is 16.3 Å². The molecule has 1 atom stereocenters. The van der Waals surface area contributed by atoms with Gasteiger partial charge in [0.2, 0.25) is 0 Å². The van der Waals surface area contributed by atoms with Gasteiger partial charge in [-0.15, -0.1) is 0 Å². The van der Waals surface area contributed by atoms with E-state index >= 15 is 0 Å². The van der Waals surface area contributed by atoms with Crippen LogP contribution in [-0.4, -0.2) is 24.1 Å². The van der Waals surface area contributed by atoms with Gasteiger partial charge in [-0.2, -0.15) is 4.98 Å². The number of hydrogen-bond donors (Lipinski definition) is 1. The van der Waals surface area contributed by atoms with Crippen molar-refractivity contribution < 1.29 is 4.74 Å². The van der Waals surface area contributed by atoms with Gasteiger partial charge in [0.1, 0.15) is 0 Å². The first kappa shape index (κ1) is 13.8. The fourth-order valence-corrected chi connectivity index (χ4v) is 2.06. The summed E-state index contributed by atoms with van der Waals surface area (Å²) in [5, 5.41) is 3.82. The Morgan fingerprint density at radius 2 is 2.05 bits per heavy atom. The third kappa shape index (κ3) is 3.43. The second-order valence-corrected chi connectivity index (χ2v) is 4.51. The van der Waals surface area contributed by atoms with Crippen molar-refractivity contribution in [2.75, 3.05) is 14.2 Å². The Balaban J connectivity index is 2.23. The van der Waals surface area contributed by atoms with Crippen molar-refractivity contribution in [3.63, 3.8) is 0 Å². The first-order valence-electron chi connectivity index (χ1n) is 6.02. The minimum absolute atomic E-state index is 0.151. The van der Waals surface area contributed by atoms with Gasteiger partial charge in [-0.25, -0.2) is 4.98 Å². The number of halogens is 1. The van der Waals surface area contributed by atoms with Gasteiger partial charge < -0.3 is 10.1 Å². The predicted octanol–water partition coefficient (Wildman–Crippen LogP) is 2.64. The summed E-state index contributed by atoms with van der Waals surface area (Å²) in [7, 11) is 3.46. The highest BCUT2D eigenvalue weighted by Gasteiger charge is 2.14. The summed E-state index contributed by atoms with van der Waals surface area (Å²) in [6.45, 7) is 0. The van der Waals surface area contributed by atoms with Crippen LogP contribution >= 0.6 is 11.6 Å². The molecule has 0 saturated heterocycles. The summed E-state index contributed by atoms with van der Waals surface area (Å²) in [4.78, 5) is 8.28. The molecule has 5 heteroatoms. The number of hydrogen-bond acceptors (Lipinski definition) is 4. The molecule has 0 fully saturated rings. The first-order valence-corrected chi connectivity index (χ1v) is 6.40. The fourth-order valence-electron chi connectivity index (χ4n) is 1.89. The highest BCUT2D eigenvalue weighted by molar-refractivity contribution is 6.31. The number of nitrogens with one attached hydrogen (secondary N) is 1. The van der Waals surface area contributed by atoms with Crippen LogP contribution in [0.15, 0.2) is 36.5 Å². The molecule has 1 heterocycles. The molecule has 0 amide bonds. The molecule has 19 heavy (non-hydrogen) atoms. The zero-order valence-corrected chi connectivity index (χ0v) is 11.7. The van der Waals surface area contributed by atoms with E-state index < -0.39 is 0 Å². The Kier molecular flexibility index (Phi) is 4.71. The van der Waals surface area contributed by atoms with Gasteiger partial charge in [0.15, 0.2) is 0 Å². The average molecular weight is 278 g/mol. The van der Waals surface area contributed by atoms with Crippen LogP contribution in [0.5, 0.6) is 6.01 Å². The van der Waals surface area contributed by atoms with Gasteiger partial charge >= 0.3 is 6.01 Å². The molecule has 1 aromatic carbocycles. The lowest BCUT2D eigenvalue weighted by Crippen LogP contribution is -2.19. The number of likely N-dealkylation sites (N-methyl/N-ethyl adjacent to an activating group) is 1. The summed E-state index contributed by atoms with van der Waals surface area (Å²) < 4.78 is 5.03. The van der Waals surface area contributed by atoms with E-state index in [1.807, 2.05) is 25.2 Å². The number of methoxy groups -OCH3 is 1. The van der Waals surface area contributed by atoms with Gasteiger partial charge in [-0.05, 0) is 12.6 Å². The average Bonchev–Trinajstić information content (AvgIpc) is 2.47. The molecule has 0 aliphatic heterocycles. The fraction of sp³-hybridized carbons (Fsp3) is 0.286. The van der Waals surface area contributed by atoms with Crippen LogP contribution in [-0.2, 0) is 6.42 Å². The maximum Gasteiger partial charge on any atom is 0.316 e. The molecule has 0 aliphatic rings. The van der Waals surface area contributed by atoms with E-state index in [0.717, 1.165) is 5.69 Å². The Morgan fingerprint density at radius 1 is 1.32 bits per heavy atom. The van der Waals surface area contributed by atoms with E-state index in [1.54, 1.807) is 13.3 Å². The third-order valence-corrected chi connectivity index (χ3v) is 3.24. The number of ether oxygens (including phenoxy) is 1. The normalized spacial score (nSPS) is 12.2. The largest absolute Gasteiger partial charge is 0.467 e. The smallest absolute Gasteiger partial charge is 0.316 e. The molecule has 2 rings (SSSR count). The lowest BCUT2D eigenvalue weighted by atomic mass is 10.0. The lowest BCUT2D eigenvalue weighted by Gasteiger charge is -2.17. The summed E-state index contributed by atoms with van der Waals surface area (Å²) >= 11 is 6.13. The molecule has 1 aromatic heterocycles. The molecule has 4 nitrogen and oxygen atoms in total. The molecular weight excluding hydrogens is 262 g/mol. The highest BCUT2D eigenvalue weighted by Crippen LogP contribution is 2.22. The first-order chi connectivity index (χ1) is 9.24. The molecule has 100 valence electrons. The van der Waals surface area contributed by atoms with Crippen LogP contribution in [0.4, 0.5) is 0 Å². The number of nitrogens with zero attached hydrogens (tertiary/aromatic N) is 2. The van der Waals surface area contributed by atoms with E-state index in [0.29, 0.717) is 17.5 Å². The molecule has 0 saturated carbocycles. The lowest BCUT2D eigenvalue weighted by molar-refractivity contribution is 0.377. The van der Waals surface area contributed by atoms with Crippen molar-refractivity contribution in [2.24, 2.45) is 0 Å². The second kappa shape index (κ2) is 6.50. The predicted molar refractivity (Wildman–Crippen MR) is 75.5 cm³/mol. The molecule has 1 unspecified atom stereocenters. The van der Waals surface area contributed by atoms with Gasteiger partial charge in [-0.1, -0.05) is 41.9 Å². The van der Waals surface area contributed by atoms with Crippen LogP contribution in [0, 0.1) is 0 Å². The van der Waals surface area contributed by atoms with Crippen molar-refractivity contribution in [1.29, 1.82) is 0 Å². The van der Waals surface area contributed by atoms with E-state index in [2.05, 4.69) is 27.4 Å². The second-order valence-electron chi connectivity index (χ2n) is 4.11.